The van der Waals surface area contributed by atoms with Crippen LogP contribution in [0, 0.1) is 0 Å². The minimum absolute atomic E-state index is 0.0994. The zero-order chi connectivity index (χ0) is 23.1. The number of ether oxygens (including phenoxy) is 2. The number of rotatable bonds is 8. The number of carbonyl (C=O) groups is 2. The number of hydrogen-bond acceptors (Lipinski definition) is 6. The van der Waals surface area contributed by atoms with Crippen LogP contribution in [0.4, 0.5) is 5.69 Å². The van der Waals surface area contributed by atoms with Gasteiger partial charge in [0.05, 0.1) is 17.0 Å². The van der Waals surface area contributed by atoms with Crippen LogP contribution in [0.15, 0.2) is 52.4 Å². The molecule has 2 aromatic rings. The Hall–Kier alpha value is -2.97. The fraction of sp³-hybridized carbons (Fsp3) is 0.261. The number of nitrogens with zero attached hydrogens (tertiary/aromatic N) is 2. The fourth-order valence-electron chi connectivity index (χ4n) is 3.01. The predicted octanol–water partition coefficient (Wildman–Crippen LogP) is 4.68. The van der Waals surface area contributed by atoms with Gasteiger partial charge in [-0.2, -0.15) is 0 Å². The van der Waals surface area contributed by atoms with Gasteiger partial charge in [-0.25, -0.2) is 0 Å². The van der Waals surface area contributed by atoms with Gasteiger partial charge >= 0.3 is 0 Å². The number of benzene rings is 2. The van der Waals surface area contributed by atoms with Gasteiger partial charge in [-0.3, -0.25) is 19.5 Å². The van der Waals surface area contributed by atoms with Crippen LogP contribution in [-0.4, -0.2) is 48.7 Å². The van der Waals surface area contributed by atoms with Gasteiger partial charge in [-0.15, -0.1) is 0 Å². The summed E-state index contributed by atoms with van der Waals surface area (Å²) in [6.45, 7) is 4.75. The largest absolute Gasteiger partial charge is 0.493 e. The lowest BCUT2D eigenvalue weighted by atomic mass is 10.1. The van der Waals surface area contributed by atoms with Crippen LogP contribution >= 0.6 is 23.4 Å². The Labute approximate surface area is 196 Å². The molecule has 3 rings (SSSR count). The highest BCUT2D eigenvalue weighted by Gasteiger charge is 2.32. The van der Waals surface area contributed by atoms with Crippen molar-refractivity contribution in [2.24, 2.45) is 4.99 Å². The minimum atomic E-state index is -0.323. The third-order valence-electron chi connectivity index (χ3n) is 4.45. The molecule has 9 heteroatoms. The molecule has 0 radical (unpaired) electrons. The topological polar surface area (TPSA) is 80.2 Å². The number of methoxy groups -OCH3 is 1. The number of amides is 2. The van der Waals surface area contributed by atoms with Gasteiger partial charge in [0.15, 0.2) is 23.3 Å². The van der Waals surface area contributed by atoms with Gasteiger partial charge in [-0.1, -0.05) is 29.8 Å². The quantitative estimate of drug-likeness (QED) is 0.563. The van der Waals surface area contributed by atoms with E-state index in [4.69, 9.17) is 21.1 Å². The first-order valence-electron chi connectivity index (χ1n) is 10.1. The Bertz CT molecular complexity index is 1060. The van der Waals surface area contributed by atoms with E-state index in [1.54, 1.807) is 35.2 Å². The molecule has 0 atom stereocenters. The lowest BCUT2D eigenvalue weighted by Gasteiger charge is -2.13. The minimum Gasteiger partial charge on any atom is -0.493 e. The molecule has 2 amide bonds. The van der Waals surface area contributed by atoms with E-state index in [1.165, 1.54) is 18.9 Å². The Balaban J connectivity index is 1.76. The summed E-state index contributed by atoms with van der Waals surface area (Å²) in [6, 6.07) is 12.5. The van der Waals surface area contributed by atoms with Crippen LogP contribution in [-0.2, 0) is 9.59 Å². The maximum atomic E-state index is 12.7. The summed E-state index contributed by atoms with van der Waals surface area (Å²) in [7, 11) is 1.49. The number of nitrogens with one attached hydrogen (secondary N) is 1. The zero-order valence-corrected chi connectivity index (χ0v) is 19.6. The van der Waals surface area contributed by atoms with E-state index in [1.807, 2.05) is 32.0 Å². The molecule has 0 aliphatic carbocycles. The van der Waals surface area contributed by atoms with Gasteiger partial charge in [0.1, 0.15) is 0 Å². The first-order chi connectivity index (χ1) is 15.5. The molecule has 1 N–H and O–H groups in total. The molecule has 7 nitrogen and oxygen atoms in total. The molecule has 2 aromatic carbocycles. The molecule has 1 saturated heterocycles. The van der Waals surface area contributed by atoms with Crippen molar-refractivity contribution in [3.63, 3.8) is 0 Å². The predicted molar refractivity (Wildman–Crippen MR) is 130 cm³/mol. The van der Waals surface area contributed by atoms with Crippen molar-refractivity contribution in [3.8, 4) is 11.5 Å². The molecule has 1 aliphatic rings. The van der Waals surface area contributed by atoms with Gasteiger partial charge < -0.3 is 14.8 Å². The fourth-order valence-corrected chi connectivity index (χ4v) is 4.39. The van der Waals surface area contributed by atoms with E-state index >= 15 is 0 Å². The maximum Gasteiger partial charge on any atom is 0.266 e. The van der Waals surface area contributed by atoms with Crippen LogP contribution in [0.5, 0.6) is 11.5 Å². The Morgan fingerprint density at radius 1 is 1.25 bits per heavy atom. The van der Waals surface area contributed by atoms with Crippen molar-refractivity contribution in [1.29, 1.82) is 0 Å². The first-order valence-corrected chi connectivity index (χ1v) is 11.3. The number of halogens is 1. The normalized spacial score (nSPS) is 16.0. The Morgan fingerprint density at radius 2 is 2.00 bits per heavy atom. The third-order valence-corrected chi connectivity index (χ3v) is 5.78. The number of carbonyl (C=O) groups excluding carboxylic acids is 2. The van der Waals surface area contributed by atoms with Crippen LogP contribution in [0.1, 0.15) is 19.4 Å². The molecule has 0 spiro atoms. The zero-order valence-electron chi connectivity index (χ0n) is 18.1. The number of hydrogen-bond donors (Lipinski definition) is 1. The van der Waals surface area contributed by atoms with E-state index in [0.717, 1.165) is 0 Å². The summed E-state index contributed by atoms with van der Waals surface area (Å²) in [5.41, 5.74) is 1.35. The summed E-state index contributed by atoms with van der Waals surface area (Å²) < 4.78 is 11.0. The molecule has 168 valence electrons. The first kappa shape index (κ1) is 23.7. The number of thioether (sulfide) groups is 1. The van der Waals surface area contributed by atoms with Crippen molar-refractivity contribution in [2.45, 2.75) is 13.8 Å². The molecule has 0 unspecified atom stereocenters. The number of para-hydroxylation sites is 1. The van der Waals surface area contributed by atoms with Crippen molar-refractivity contribution < 1.29 is 19.1 Å². The van der Waals surface area contributed by atoms with Crippen LogP contribution in [0.25, 0.3) is 6.08 Å². The summed E-state index contributed by atoms with van der Waals surface area (Å²) >= 11 is 7.75. The van der Waals surface area contributed by atoms with Gasteiger partial charge in [0.25, 0.3) is 11.8 Å². The second-order valence-corrected chi connectivity index (χ2v) is 8.07. The molecule has 1 aliphatic heterocycles. The average molecular weight is 474 g/mol. The van der Waals surface area contributed by atoms with Crippen molar-refractivity contribution in [1.82, 2.24) is 4.90 Å². The maximum absolute atomic E-state index is 12.7. The molecule has 1 heterocycles. The number of aliphatic imine (C=N–C) groups is 1. The highest BCUT2D eigenvalue weighted by molar-refractivity contribution is 8.18. The summed E-state index contributed by atoms with van der Waals surface area (Å²) in [5, 5.41) is 3.71. The van der Waals surface area contributed by atoms with E-state index < -0.39 is 0 Å². The number of amidine groups is 1. The van der Waals surface area contributed by atoms with Gasteiger partial charge in [0, 0.05) is 18.8 Å². The lowest BCUT2D eigenvalue weighted by molar-refractivity contribution is -0.122. The molecule has 0 saturated carbocycles. The van der Waals surface area contributed by atoms with E-state index in [2.05, 4.69) is 10.3 Å². The van der Waals surface area contributed by atoms with E-state index in [-0.39, 0.29) is 29.2 Å². The molecular weight excluding hydrogens is 450 g/mol. The van der Waals surface area contributed by atoms with Gasteiger partial charge in [0.2, 0.25) is 0 Å². The third kappa shape index (κ3) is 5.63. The second-order valence-electron chi connectivity index (χ2n) is 6.65. The second kappa shape index (κ2) is 11.1. The Kier molecular flexibility index (Phi) is 8.19. The van der Waals surface area contributed by atoms with Crippen molar-refractivity contribution in [2.75, 3.05) is 32.1 Å². The standard InChI is InChI=1S/C23H24ClN3O4S/c1-4-25-23-27(5-2)22(29)19(32-23)13-15-11-17(24)21(18(12-15)30-3)31-14-20(28)26-16-9-7-6-8-10-16/h6-13H,4-5,14H2,1-3H3,(H,26,28)/b19-13+,25-23?. The molecule has 0 aromatic heterocycles. The molecule has 1 fully saturated rings. The van der Waals surface area contributed by atoms with E-state index in [0.29, 0.717) is 40.2 Å². The lowest BCUT2D eigenvalue weighted by Crippen LogP contribution is -2.28. The van der Waals surface area contributed by atoms with Crippen LogP contribution < -0.4 is 14.8 Å². The Morgan fingerprint density at radius 3 is 2.66 bits per heavy atom. The number of likely N-dealkylation sites (N-methyl/N-ethyl adjacent to an activating group) is 1. The average Bonchev–Trinajstić information content (AvgIpc) is 3.07. The van der Waals surface area contributed by atoms with Crippen molar-refractivity contribution in [3.05, 3.63) is 58.0 Å². The monoisotopic (exact) mass is 473 g/mol. The summed E-state index contributed by atoms with van der Waals surface area (Å²) in [4.78, 5) is 31.4. The van der Waals surface area contributed by atoms with Crippen LogP contribution in [0.2, 0.25) is 5.02 Å². The molecule has 0 bridgehead atoms. The molecular formula is C23H24ClN3O4S. The molecule has 32 heavy (non-hydrogen) atoms. The highest BCUT2D eigenvalue weighted by Crippen LogP contribution is 2.39. The van der Waals surface area contributed by atoms with E-state index in [9.17, 15) is 9.59 Å². The highest BCUT2D eigenvalue weighted by atomic mass is 35.5. The SMILES string of the molecule is CCN=C1S/C(=C/c2cc(Cl)c(OCC(=O)Nc3ccccc3)c(OC)c2)C(=O)N1CC. The smallest absolute Gasteiger partial charge is 0.266 e. The van der Waals surface area contributed by atoms with Gasteiger partial charge in [-0.05, 0) is 61.5 Å². The summed E-state index contributed by atoms with van der Waals surface area (Å²) in [5.74, 6) is 0.198. The number of anilines is 1. The van der Waals surface area contributed by atoms with Crippen molar-refractivity contribution >= 4 is 52.1 Å². The van der Waals surface area contributed by atoms with Crippen LogP contribution in [0.3, 0.4) is 0 Å². The summed E-state index contributed by atoms with van der Waals surface area (Å²) in [6.07, 6.45) is 1.74.